The molecule has 2 N–H and O–H groups in total. The number of carbonyl (C=O) groups excluding carboxylic acids is 1. The van der Waals surface area contributed by atoms with E-state index in [0.717, 1.165) is 32.5 Å². The Morgan fingerprint density at radius 2 is 2.17 bits per heavy atom. The highest BCUT2D eigenvalue weighted by molar-refractivity contribution is 5.88. The maximum Gasteiger partial charge on any atom is 0.288 e. The molecule has 0 saturated carbocycles. The molecule has 126 valence electrons. The Balaban J connectivity index is 1.63. The molecule has 2 aromatic rings. The van der Waals surface area contributed by atoms with Crippen molar-refractivity contribution in [1.82, 2.24) is 19.7 Å². The molecule has 1 aromatic carbocycles. The number of piperidine rings is 1. The number of rotatable bonds is 5. The van der Waals surface area contributed by atoms with Crippen LogP contribution < -0.4 is 5.73 Å². The van der Waals surface area contributed by atoms with Crippen molar-refractivity contribution in [3.8, 4) is 0 Å². The fourth-order valence-corrected chi connectivity index (χ4v) is 3.19. The zero-order chi connectivity index (χ0) is 16.9. The van der Waals surface area contributed by atoms with Crippen LogP contribution in [-0.2, 0) is 0 Å². The van der Waals surface area contributed by atoms with Gasteiger partial charge in [0.1, 0.15) is 6.33 Å². The van der Waals surface area contributed by atoms with Crippen molar-refractivity contribution in [2.75, 3.05) is 19.6 Å². The van der Waals surface area contributed by atoms with Crippen molar-refractivity contribution in [3.63, 3.8) is 0 Å². The summed E-state index contributed by atoms with van der Waals surface area (Å²) in [6.45, 7) is 5.08. The van der Waals surface area contributed by atoms with Crippen LogP contribution in [0.2, 0.25) is 0 Å². The van der Waals surface area contributed by atoms with Gasteiger partial charge in [0.25, 0.3) is 5.91 Å². The van der Waals surface area contributed by atoms with E-state index in [-0.39, 0.29) is 11.9 Å². The molecule has 2 heterocycles. The number of aromatic nitrogens is 3. The number of nitrogens with two attached hydrogens (primary N) is 1. The highest BCUT2D eigenvalue weighted by atomic mass is 16.1. The molecule has 1 atom stereocenters. The second kappa shape index (κ2) is 7.40. The summed E-state index contributed by atoms with van der Waals surface area (Å²) in [5.74, 6) is -0.490. The summed E-state index contributed by atoms with van der Waals surface area (Å²) in [5, 5.41) is 4.20. The number of carbonyl (C=O) groups is 1. The van der Waals surface area contributed by atoms with E-state index < -0.39 is 5.91 Å². The van der Waals surface area contributed by atoms with E-state index >= 15 is 0 Å². The predicted octanol–water partition coefficient (Wildman–Crippen LogP) is 2.12. The predicted molar refractivity (Wildman–Crippen MR) is 93.3 cm³/mol. The summed E-state index contributed by atoms with van der Waals surface area (Å²) in [7, 11) is 0. The first-order chi connectivity index (χ1) is 11.6. The number of hydrogen-bond donors (Lipinski definition) is 1. The molecule has 6 heteroatoms. The third kappa shape index (κ3) is 4.08. The molecule has 1 aliphatic rings. The molecule has 1 amide bonds. The molecular weight excluding hydrogens is 302 g/mol. The van der Waals surface area contributed by atoms with Gasteiger partial charge in [0.05, 0.1) is 6.04 Å². The molecule has 1 unspecified atom stereocenters. The standard InChI is InChI=1S/C18H23N5O/c1-14(10-15-6-3-2-4-7-15)11-22-9-5-8-16(12-22)23-13-20-18(21-23)17(19)24/h2-4,6-7,10,13,16H,5,8-9,11-12H2,1H3,(H2,19,24)/b14-10+. The van der Waals surface area contributed by atoms with Gasteiger partial charge in [-0.25, -0.2) is 9.67 Å². The smallest absolute Gasteiger partial charge is 0.288 e. The zero-order valence-corrected chi connectivity index (χ0v) is 13.9. The van der Waals surface area contributed by atoms with Gasteiger partial charge in [-0.2, -0.15) is 0 Å². The first-order valence-electron chi connectivity index (χ1n) is 8.27. The number of amides is 1. The number of primary amides is 1. The summed E-state index contributed by atoms with van der Waals surface area (Å²) in [5.41, 5.74) is 7.79. The van der Waals surface area contributed by atoms with Crippen LogP contribution in [0.25, 0.3) is 6.08 Å². The third-order valence-corrected chi connectivity index (χ3v) is 4.27. The molecule has 1 saturated heterocycles. The molecule has 6 nitrogen and oxygen atoms in total. The molecular formula is C18H23N5O. The number of nitrogens with zero attached hydrogens (tertiary/aromatic N) is 4. The Morgan fingerprint density at radius 1 is 1.38 bits per heavy atom. The van der Waals surface area contributed by atoms with Gasteiger partial charge in [0.15, 0.2) is 0 Å². The van der Waals surface area contributed by atoms with E-state index in [4.69, 9.17) is 5.73 Å². The SMILES string of the molecule is C/C(=C\c1ccccc1)CN1CCCC(n2cnc(C(N)=O)n2)C1. The van der Waals surface area contributed by atoms with Gasteiger partial charge in [0.2, 0.25) is 5.82 Å². The van der Waals surface area contributed by atoms with E-state index in [1.165, 1.54) is 11.1 Å². The van der Waals surface area contributed by atoms with Crippen LogP contribution in [0.1, 0.15) is 42.0 Å². The lowest BCUT2D eigenvalue weighted by atomic mass is 10.0. The van der Waals surface area contributed by atoms with Gasteiger partial charge in [-0.05, 0) is 31.9 Å². The average Bonchev–Trinajstić information content (AvgIpc) is 3.06. The molecule has 0 spiro atoms. The Labute approximate surface area is 142 Å². The molecule has 1 fully saturated rings. The van der Waals surface area contributed by atoms with E-state index in [1.54, 1.807) is 11.0 Å². The fourth-order valence-electron chi connectivity index (χ4n) is 3.19. The minimum absolute atomic E-state index is 0.0901. The average molecular weight is 325 g/mol. The van der Waals surface area contributed by atoms with Crippen molar-refractivity contribution >= 4 is 12.0 Å². The Kier molecular flexibility index (Phi) is 5.05. The van der Waals surface area contributed by atoms with Crippen molar-refractivity contribution in [3.05, 3.63) is 53.6 Å². The Morgan fingerprint density at radius 3 is 2.88 bits per heavy atom. The van der Waals surface area contributed by atoms with E-state index in [9.17, 15) is 4.79 Å². The number of hydrogen-bond acceptors (Lipinski definition) is 4. The van der Waals surface area contributed by atoms with E-state index in [1.807, 2.05) is 6.07 Å². The lowest BCUT2D eigenvalue weighted by Crippen LogP contribution is -2.37. The second-order valence-electron chi connectivity index (χ2n) is 6.34. The van der Waals surface area contributed by atoms with Crippen LogP contribution >= 0.6 is 0 Å². The first kappa shape index (κ1) is 16.4. The number of benzene rings is 1. The van der Waals surface area contributed by atoms with Gasteiger partial charge >= 0.3 is 0 Å². The van der Waals surface area contributed by atoms with Gasteiger partial charge < -0.3 is 5.73 Å². The van der Waals surface area contributed by atoms with Gasteiger partial charge in [0, 0.05) is 13.1 Å². The van der Waals surface area contributed by atoms with E-state index in [2.05, 4.69) is 52.2 Å². The Hall–Kier alpha value is -2.47. The largest absolute Gasteiger partial charge is 0.363 e. The van der Waals surface area contributed by atoms with Crippen molar-refractivity contribution < 1.29 is 4.79 Å². The van der Waals surface area contributed by atoms with Crippen molar-refractivity contribution in [1.29, 1.82) is 0 Å². The summed E-state index contributed by atoms with van der Waals surface area (Å²) in [6.07, 6.45) is 5.99. The summed E-state index contributed by atoms with van der Waals surface area (Å²) in [6, 6.07) is 10.6. The number of likely N-dealkylation sites (tertiary alicyclic amines) is 1. The zero-order valence-electron chi connectivity index (χ0n) is 13.9. The second-order valence-corrected chi connectivity index (χ2v) is 6.34. The molecule has 0 radical (unpaired) electrons. The van der Waals surface area contributed by atoms with Crippen LogP contribution in [0, 0.1) is 0 Å². The van der Waals surface area contributed by atoms with Crippen LogP contribution in [0.3, 0.4) is 0 Å². The van der Waals surface area contributed by atoms with Gasteiger partial charge in [-0.15, -0.1) is 5.10 Å². The maximum absolute atomic E-state index is 11.1. The first-order valence-corrected chi connectivity index (χ1v) is 8.27. The monoisotopic (exact) mass is 325 g/mol. The molecule has 24 heavy (non-hydrogen) atoms. The lowest BCUT2D eigenvalue weighted by molar-refractivity contribution is 0.0989. The van der Waals surface area contributed by atoms with Gasteiger partial charge in [-0.3, -0.25) is 9.69 Å². The summed E-state index contributed by atoms with van der Waals surface area (Å²) >= 11 is 0. The minimum Gasteiger partial charge on any atom is -0.363 e. The summed E-state index contributed by atoms with van der Waals surface area (Å²) < 4.78 is 1.78. The third-order valence-electron chi connectivity index (χ3n) is 4.27. The van der Waals surface area contributed by atoms with Crippen LogP contribution in [0.15, 0.2) is 42.2 Å². The van der Waals surface area contributed by atoms with Crippen LogP contribution in [0.4, 0.5) is 0 Å². The van der Waals surface area contributed by atoms with Crippen molar-refractivity contribution in [2.45, 2.75) is 25.8 Å². The quantitative estimate of drug-likeness (QED) is 0.913. The highest BCUT2D eigenvalue weighted by Gasteiger charge is 2.23. The summed E-state index contributed by atoms with van der Waals surface area (Å²) in [4.78, 5) is 17.6. The molecule has 3 rings (SSSR count). The molecule has 0 bridgehead atoms. The normalized spacial score (nSPS) is 19.4. The fraction of sp³-hybridized carbons (Fsp3) is 0.389. The molecule has 1 aliphatic heterocycles. The Bertz CT molecular complexity index is 722. The van der Waals surface area contributed by atoms with Crippen LogP contribution in [0.5, 0.6) is 0 Å². The molecule has 1 aromatic heterocycles. The highest BCUT2D eigenvalue weighted by Crippen LogP contribution is 2.21. The molecule has 0 aliphatic carbocycles. The van der Waals surface area contributed by atoms with E-state index in [0.29, 0.717) is 0 Å². The van der Waals surface area contributed by atoms with Crippen molar-refractivity contribution in [2.24, 2.45) is 5.73 Å². The van der Waals surface area contributed by atoms with Crippen LogP contribution in [-0.4, -0.2) is 45.2 Å². The lowest BCUT2D eigenvalue weighted by Gasteiger charge is -2.32. The topological polar surface area (TPSA) is 77.0 Å². The van der Waals surface area contributed by atoms with Gasteiger partial charge in [-0.1, -0.05) is 42.0 Å². The minimum atomic E-state index is -0.581. The maximum atomic E-state index is 11.1.